The number of esters is 2. The summed E-state index contributed by atoms with van der Waals surface area (Å²) in [5, 5.41) is 0.616. The average Bonchev–Trinajstić information content (AvgIpc) is 2.81. The molecule has 4 nitrogen and oxygen atoms in total. The molecule has 122 valence electrons. The Balaban J connectivity index is 1.96. The number of alkyl halides is 1. The lowest BCUT2D eigenvalue weighted by atomic mass is 9.79. The van der Waals surface area contributed by atoms with Crippen LogP contribution in [0.2, 0.25) is 5.02 Å². The third-order valence-electron chi connectivity index (χ3n) is 4.33. The minimum atomic E-state index is -0.837. The van der Waals surface area contributed by atoms with Gasteiger partial charge in [0.25, 0.3) is 0 Å². The first-order valence-corrected chi connectivity index (χ1v) is 9.07. The maximum absolute atomic E-state index is 12.8. The number of halogens is 2. The second kappa shape index (κ2) is 6.65. The first kappa shape index (κ1) is 16.5. The van der Waals surface area contributed by atoms with E-state index in [-0.39, 0.29) is 11.1 Å². The minimum Gasteiger partial charge on any atom is -0.450 e. The normalized spacial score (nSPS) is 19.8. The smallest absolute Gasteiger partial charge is 0.344 e. The van der Waals surface area contributed by atoms with Gasteiger partial charge in [-0.15, -0.1) is 0 Å². The van der Waals surface area contributed by atoms with Crippen LogP contribution in [-0.4, -0.2) is 22.9 Å². The SMILES string of the molecule is O=C1OC2(CCCCC2)C(C(=O)Oc2ccccc2Cl)=C1CBr. The first-order chi connectivity index (χ1) is 11.1. The molecule has 0 radical (unpaired) electrons. The number of ether oxygens (including phenoxy) is 2. The highest BCUT2D eigenvalue weighted by molar-refractivity contribution is 9.09. The van der Waals surface area contributed by atoms with Crippen molar-refractivity contribution in [3.63, 3.8) is 0 Å². The summed E-state index contributed by atoms with van der Waals surface area (Å²) in [5.41, 5.74) is -0.139. The summed E-state index contributed by atoms with van der Waals surface area (Å²) in [6.07, 6.45) is 4.23. The molecule has 1 spiro atoms. The van der Waals surface area contributed by atoms with E-state index in [1.807, 2.05) is 0 Å². The molecule has 1 fully saturated rings. The Bertz CT molecular complexity index is 677. The molecular formula is C17H16BrClO4. The third-order valence-corrected chi connectivity index (χ3v) is 5.20. The Hall–Kier alpha value is -1.33. The molecule has 6 heteroatoms. The molecule has 0 saturated heterocycles. The maximum atomic E-state index is 12.8. The van der Waals surface area contributed by atoms with Gasteiger partial charge in [-0.2, -0.15) is 0 Å². The molecule has 0 aromatic heterocycles. The Labute approximate surface area is 147 Å². The van der Waals surface area contributed by atoms with Gasteiger partial charge < -0.3 is 9.47 Å². The molecule has 1 aliphatic carbocycles. The van der Waals surface area contributed by atoms with Crippen molar-refractivity contribution in [3.05, 3.63) is 40.4 Å². The van der Waals surface area contributed by atoms with Crippen molar-refractivity contribution in [2.45, 2.75) is 37.7 Å². The molecule has 0 bridgehead atoms. The van der Waals surface area contributed by atoms with Gasteiger partial charge in [-0.1, -0.05) is 46.1 Å². The molecule has 0 amide bonds. The molecule has 0 N–H and O–H groups in total. The monoisotopic (exact) mass is 398 g/mol. The van der Waals surface area contributed by atoms with Gasteiger partial charge in [0.05, 0.1) is 16.2 Å². The van der Waals surface area contributed by atoms with E-state index < -0.39 is 17.5 Å². The lowest BCUT2D eigenvalue weighted by molar-refractivity contribution is -0.150. The van der Waals surface area contributed by atoms with Crippen LogP contribution in [0.4, 0.5) is 0 Å². The van der Waals surface area contributed by atoms with Crippen molar-refractivity contribution < 1.29 is 19.1 Å². The van der Waals surface area contributed by atoms with E-state index in [0.29, 0.717) is 29.0 Å². The van der Waals surface area contributed by atoms with Crippen molar-refractivity contribution in [2.24, 2.45) is 0 Å². The summed E-state index contributed by atoms with van der Waals surface area (Å²) in [5.74, 6) is -0.707. The first-order valence-electron chi connectivity index (χ1n) is 7.57. The quantitative estimate of drug-likeness (QED) is 0.434. The largest absolute Gasteiger partial charge is 0.450 e. The second-order valence-electron chi connectivity index (χ2n) is 5.75. The fourth-order valence-corrected chi connectivity index (χ4v) is 3.93. The van der Waals surface area contributed by atoms with E-state index in [0.717, 1.165) is 19.3 Å². The van der Waals surface area contributed by atoms with Crippen LogP contribution in [-0.2, 0) is 14.3 Å². The number of benzene rings is 1. The predicted molar refractivity (Wildman–Crippen MR) is 89.8 cm³/mol. The molecule has 0 unspecified atom stereocenters. The Morgan fingerprint density at radius 3 is 2.61 bits per heavy atom. The fraction of sp³-hybridized carbons (Fsp3) is 0.412. The Morgan fingerprint density at radius 1 is 1.26 bits per heavy atom. The zero-order valence-corrected chi connectivity index (χ0v) is 14.8. The van der Waals surface area contributed by atoms with Crippen LogP contribution in [0.3, 0.4) is 0 Å². The van der Waals surface area contributed by atoms with Crippen LogP contribution in [0.5, 0.6) is 5.75 Å². The number of rotatable bonds is 3. The fourth-order valence-electron chi connectivity index (χ4n) is 3.25. The number of hydrogen-bond acceptors (Lipinski definition) is 4. The zero-order chi connectivity index (χ0) is 16.4. The summed E-state index contributed by atoms with van der Waals surface area (Å²) in [6, 6.07) is 6.77. The van der Waals surface area contributed by atoms with Crippen molar-refractivity contribution in [2.75, 3.05) is 5.33 Å². The van der Waals surface area contributed by atoms with Gasteiger partial charge in [0.2, 0.25) is 0 Å². The second-order valence-corrected chi connectivity index (χ2v) is 6.72. The molecule has 1 saturated carbocycles. The third kappa shape index (κ3) is 3.04. The highest BCUT2D eigenvalue weighted by atomic mass is 79.9. The summed E-state index contributed by atoms with van der Waals surface area (Å²) in [6.45, 7) is 0. The van der Waals surface area contributed by atoms with E-state index in [1.165, 1.54) is 0 Å². The van der Waals surface area contributed by atoms with Crippen molar-refractivity contribution >= 4 is 39.5 Å². The molecule has 1 heterocycles. The average molecular weight is 400 g/mol. The summed E-state index contributed by atoms with van der Waals surface area (Å²) >= 11 is 9.33. The van der Waals surface area contributed by atoms with E-state index in [1.54, 1.807) is 24.3 Å². The van der Waals surface area contributed by atoms with Crippen molar-refractivity contribution in [1.29, 1.82) is 0 Å². The zero-order valence-electron chi connectivity index (χ0n) is 12.4. The highest BCUT2D eigenvalue weighted by Gasteiger charge is 2.51. The molecule has 23 heavy (non-hydrogen) atoms. The molecule has 2 aliphatic rings. The van der Waals surface area contributed by atoms with Gasteiger partial charge >= 0.3 is 11.9 Å². The molecule has 1 aromatic carbocycles. The van der Waals surface area contributed by atoms with Crippen LogP contribution in [0.15, 0.2) is 35.4 Å². The maximum Gasteiger partial charge on any atom is 0.344 e. The van der Waals surface area contributed by atoms with Crippen LogP contribution in [0.1, 0.15) is 32.1 Å². The summed E-state index contributed by atoms with van der Waals surface area (Å²) in [7, 11) is 0. The van der Waals surface area contributed by atoms with E-state index in [2.05, 4.69) is 15.9 Å². The van der Waals surface area contributed by atoms with E-state index >= 15 is 0 Å². The highest BCUT2D eigenvalue weighted by Crippen LogP contribution is 2.45. The number of para-hydroxylation sites is 1. The summed E-state index contributed by atoms with van der Waals surface area (Å²) < 4.78 is 11.1. The van der Waals surface area contributed by atoms with Gasteiger partial charge in [-0.05, 0) is 37.8 Å². The molecule has 0 atom stereocenters. The molecule has 1 aromatic rings. The van der Waals surface area contributed by atoms with E-state index in [9.17, 15) is 9.59 Å². The molecule has 1 aliphatic heterocycles. The van der Waals surface area contributed by atoms with Crippen molar-refractivity contribution in [1.82, 2.24) is 0 Å². The standard InChI is InChI=1S/C17H16BrClO4/c18-10-11-14(16(21)22-13-7-3-2-6-12(13)19)17(23-15(11)20)8-4-1-5-9-17/h2-3,6-7H,1,4-5,8-10H2. The lowest BCUT2D eigenvalue weighted by Crippen LogP contribution is -2.38. The van der Waals surface area contributed by atoms with Gasteiger partial charge in [-0.25, -0.2) is 9.59 Å². The Kier molecular flexibility index (Phi) is 4.78. The van der Waals surface area contributed by atoms with Gasteiger partial charge in [0.15, 0.2) is 0 Å². The van der Waals surface area contributed by atoms with Gasteiger partial charge in [0, 0.05) is 5.33 Å². The minimum absolute atomic E-state index is 0.264. The van der Waals surface area contributed by atoms with E-state index in [4.69, 9.17) is 21.1 Å². The number of hydrogen-bond donors (Lipinski definition) is 0. The van der Waals surface area contributed by atoms with Gasteiger partial charge in [0.1, 0.15) is 11.4 Å². The molecule has 3 rings (SSSR count). The van der Waals surface area contributed by atoms with Crippen LogP contribution >= 0.6 is 27.5 Å². The predicted octanol–water partition coefficient (Wildman–Crippen LogP) is 4.20. The topological polar surface area (TPSA) is 52.6 Å². The molecular weight excluding hydrogens is 384 g/mol. The Morgan fingerprint density at radius 2 is 1.96 bits per heavy atom. The lowest BCUT2D eigenvalue weighted by Gasteiger charge is -2.33. The van der Waals surface area contributed by atoms with Gasteiger partial charge in [-0.3, -0.25) is 0 Å². The number of carbonyl (C=O) groups is 2. The van der Waals surface area contributed by atoms with Crippen LogP contribution in [0, 0.1) is 0 Å². The van der Waals surface area contributed by atoms with Crippen LogP contribution in [0.25, 0.3) is 0 Å². The van der Waals surface area contributed by atoms with Crippen molar-refractivity contribution in [3.8, 4) is 5.75 Å². The van der Waals surface area contributed by atoms with Crippen LogP contribution < -0.4 is 4.74 Å². The summed E-state index contributed by atoms with van der Waals surface area (Å²) in [4.78, 5) is 24.9. The number of carbonyl (C=O) groups excluding carboxylic acids is 2.